The van der Waals surface area contributed by atoms with Crippen molar-refractivity contribution in [3.63, 3.8) is 0 Å². The van der Waals surface area contributed by atoms with E-state index >= 15 is 0 Å². The van der Waals surface area contributed by atoms with Gasteiger partial charge < -0.3 is 19.4 Å². The molecule has 0 bridgehead atoms. The first kappa shape index (κ1) is 20.0. The van der Waals surface area contributed by atoms with Crippen molar-refractivity contribution in [2.45, 2.75) is 13.5 Å². The lowest BCUT2D eigenvalue weighted by Crippen LogP contribution is -2.24. The van der Waals surface area contributed by atoms with E-state index in [0.717, 1.165) is 0 Å². The highest BCUT2D eigenvalue weighted by Gasteiger charge is 2.18. The summed E-state index contributed by atoms with van der Waals surface area (Å²) in [6, 6.07) is 8.10. The van der Waals surface area contributed by atoms with Crippen LogP contribution in [-0.2, 0) is 6.54 Å². The van der Waals surface area contributed by atoms with Gasteiger partial charge in [-0.2, -0.15) is 0 Å². The van der Waals surface area contributed by atoms with Crippen molar-refractivity contribution in [2.75, 3.05) is 19.5 Å². The SMILES string of the molecule is CCn1cc(C(=O)Nc2cc(OC)c(Cl)cc2OC)c(=O)c2cc(Cl)ccc21. The van der Waals surface area contributed by atoms with Gasteiger partial charge in [0.1, 0.15) is 17.1 Å². The summed E-state index contributed by atoms with van der Waals surface area (Å²) in [4.78, 5) is 25.8. The Kier molecular flexibility index (Phi) is 5.82. The van der Waals surface area contributed by atoms with Gasteiger partial charge in [-0.3, -0.25) is 9.59 Å². The van der Waals surface area contributed by atoms with Crippen molar-refractivity contribution in [1.29, 1.82) is 0 Å². The average molecular weight is 421 g/mol. The molecule has 0 fully saturated rings. The Morgan fingerprint density at radius 3 is 2.46 bits per heavy atom. The zero-order valence-corrected chi connectivity index (χ0v) is 17.0. The number of benzene rings is 2. The average Bonchev–Trinajstić information content (AvgIpc) is 2.69. The number of pyridine rings is 1. The van der Waals surface area contributed by atoms with E-state index < -0.39 is 11.3 Å². The largest absolute Gasteiger partial charge is 0.495 e. The van der Waals surface area contributed by atoms with Gasteiger partial charge in [0, 0.05) is 35.3 Å². The third-order valence-electron chi connectivity index (χ3n) is 4.35. The number of methoxy groups -OCH3 is 2. The van der Waals surface area contributed by atoms with Crippen LogP contribution in [0.1, 0.15) is 17.3 Å². The molecule has 1 N–H and O–H groups in total. The number of rotatable bonds is 5. The summed E-state index contributed by atoms with van der Waals surface area (Å²) in [5.74, 6) is 0.143. The molecule has 0 aliphatic heterocycles. The second-order valence-electron chi connectivity index (χ2n) is 5.96. The predicted octanol–water partition coefficient (Wildman–Crippen LogP) is 4.60. The van der Waals surface area contributed by atoms with Crippen LogP contribution in [0, 0.1) is 0 Å². The van der Waals surface area contributed by atoms with Gasteiger partial charge in [0.2, 0.25) is 5.43 Å². The highest BCUT2D eigenvalue weighted by Crippen LogP contribution is 2.36. The van der Waals surface area contributed by atoms with E-state index in [1.807, 2.05) is 11.5 Å². The van der Waals surface area contributed by atoms with E-state index in [-0.39, 0.29) is 5.56 Å². The van der Waals surface area contributed by atoms with Gasteiger partial charge >= 0.3 is 0 Å². The number of hydrogen-bond acceptors (Lipinski definition) is 4. The molecule has 0 aliphatic rings. The van der Waals surface area contributed by atoms with Gasteiger partial charge in [0.15, 0.2) is 0 Å². The van der Waals surface area contributed by atoms with E-state index in [1.54, 1.807) is 18.2 Å². The Morgan fingerprint density at radius 1 is 1.11 bits per heavy atom. The first-order valence-electron chi connectivity index (χ1n) is 8.45. The maximum Gasteiger partial charge on any atom is 0.261 e. The molecule has 1 heterocycles. The summed E-state index contributed by atoms with van der Waals surface area (Å²) in [7, 11) is 2.92. The van der Waals surface area contributed by atoms with Crippen molar-refractivity contribution < 1.29 is 14.3 Å². The van der Waals surface area contributed by atoms with Gasteiger partial charge in [-0.1, -0.05) is 23.2 Å². The van der Waals surface area contributed by atoms with Gasteiger partial charge in [0.25, 0.3) is 5.91 Å². The van der Waals surface area contributed by atoms with Crippen LogP contribution in [-0.4, -0.2) is 24.7 Å². The first-order chi connectivity index (χ1) is 13.4. The van der Waals surface area contributed by atoms with Gasteiger partial charge in [0.05, 0.1) is 30.4 Å². The fraction of sp³-hybridized carbons (Fsp3) is 0.200. The summed E-state index contributed by atoms with van der Waals surface area (Å²) in [5, 5.41) is 3.84. The number of amides is 1. The van der Waals surface area contributed by atoms with Gasteiger partial charge in [-0.25, -0.2) is 0 Å². The monoisotopic (exact) mass is 420 g/mol. The fourth-order valence-corrected chi connectivity index (χ4v) is 3.34. The molecule has 0 spiro atoms. The van der Waals surface area contributed by atoms with Crippen molar-refractivity contribution in [3.8, 4) is 11.5 Å². The molecule has 3 aromatic rings. The molecule has 0 radical (unpaired) electrons. The van der Waals surface area contributed by atoms with E-state index in [4.69, 9.17) is 32.7 Å². The molecule has 0 aliphatic carbocycles. The highest BCUT2D eigenvalue weighted by atomic mass is 35.5. The van der Waals surface area contributed by atoms with Crippen LogP contribution in [0.25, 0.3) is 10.9 Å². The van der Waals surface area contributed by atoms with E-state index in [0.29, 0.717) is 44.7 Å². The van der Waals surface area contributed by atoms with Gasteiger partial charge in [-0.05, 0) is 25.1 Å². The summed E-state index contributed by atoms with van der Waals surface area (Å²) < 4.78 is 12.3. The lowest BCUT2D eigenvalue weighted by molar-refractivity contribution is 0.102. The van der Waals surface area contributed by atoms with Crippen LogP contribution in [0.15, 0.2) is 41.3 Å². The van der Waals surface area contributed by atoms with E-state index in [2.05, 4.69) is 5.32 Å². The number of halogens is 2. The third-order valence-corrected chi connectivity index (χ3v) is 4.88. The minimum Gasteiger partial charge on any atom is -0.495 e. The second kappa shape index (κ2) is 8.12. The van der Waals surface area contributed by atoms with Crippen molar-refractivity contribution in [1.82, 2.24) is 4.57 Å². The number of anilines is 1. The smallest absolute Gasteiger partial charge is 0.261 e. The summed E-state index contributed by atoms with van der Waals surface area (Å²) in [5.41, 5.74) is 0.633. The molecule has 1 aromatic heterocycles. The quantitative estimate of drug-likeness (QED) is 0.654. The topological polar surface area (TPSA) is 69.6 Å². The third kappa shape index (κ3) is 3.66. The fourth-order valence-electron chi connectivity index (χ4n) is 2.94. The van der Waals surface area contributed by atoms with Crippen LogP contribution in [0.5, 0.6) is 11.5 Å². The first-order valence-corrected chi connectivity index (χ1v) is 9.20. The Balaban J connectivity index is 2.10. The van der Waals surface area contributed by atoms with Crippen LogP contribution in [0.2, 0.25) is 10.0 Å². The number of ether oxygens (including phenoxy) is 2. The molecule has 3 rings (SSSR count). The Hall–Kier alpha value is -2.70. The molecular formula is C20H18Cl2N2O4. The number of carbonyl (C=O) groups is 1. The van der Waals surface area contributed by atoms with Crippen molar-refractivity contribution in [2.24, 2.45) is 0 Å². The maximum atomic E-state index is 12.9. The van der Waals surface area contributed by atoms with Crippen LogP contribution >= 0.6 is 23.2 Å². The minimum atomic E-state index is -0.572. The number of carbonyl (C=O) groups excluding carboxylic acids is 1. The van der Waals surface area contributed by atoms with Crippen LogP contribution in [0.4, 0.5) is 5.69 Å². The van der Waals surface area contributed by atoms with Crippen LogP contribution in [0.3, 0.4) is 0 Å². The number of fused-ring (bicyclic) bond motifs is 1. The summed E-state index contributed by atoms with van der Waals surface area (Å²) in [6.45, 7) is 2.50. The van der Waals surface area contributed by atoms with Crippen molar-refractivity contribution in [3.05, 3.63) is 62.4 Å². The van der Waals surface area contributed by atoms with E-state index in [1.165, 1.54) is 32.5 Å². The molecule has 0 unspecified atom stereocenters. The number of aryl methyl sites for hydroxylation is 1. The lowest BCUT2D eigenvalue weighted by atomic mass is 10.1. The number of nitrogens with one attached hydrogen (secondary N) is 1. The standard InChI is InChI=1S/C20H18Cl2N2O4/c1-4-24-10-13(19(25)12-7-11(21)5-6-16(12)24)20(26)23-15-9-17(27-2)14(22)8-18(15)28-3/h5-10H,4H2,1-3H3,(H,23,26). The number of nitrogens with zero attached hydrogens (tertiary/aromatic N) is 1. The molecule has 28 heavy (non-hydrogen) atoms. The predicted molar refractivity (Wildman–Crippen MR) is 111 cm³/mol. The zero-order valence-electron chi connectivity index (χ0n) is 15.5. The Morgan fingerprint density at radius 2 is 1.82 bits per heavy atom. The molecule has 0 saturated carbocycles. The normalized spacial score (nSPS) is 10.8. The molecule has 0 saturated heterocycles. The Bertz CT molecular complexity index is 1130. The molecule has 146 valence electrons. The van der Waals surface area contributed by atoms with Crippen LogP contribution < -0.4 is 20.2 Å². The number of hydrogen-bond donors (Lipinski definition) is 1. The summed E-state index contributed by atoms with van der Waals surface area (Å²) >= 11 is 12.1. The lowest BCUT2D eigenvalue weighted by Gasteiger charge is -2.15. The highest BCUT2D eigenvalue weighted by molar-refractivity contribution is 6.32. The zero-order chi connectivity index (χ0) is 20.4. The molecule has 6 nitrogen and oxygen atoms in total. The number of aromatic nitrogens is 1. The maximum absolute atomic E-state index is 12.9. The molecule has 1 amide bonds. The second-order valence-corrected chi connectivity index (χ2v) is 6.80. The van der Waals surface area contributed by atoms with Gasteiger partial charge in [-0.15, -0.1) is 0 Å². The van der Waals surface area contributed by atoms with Crippen molar-refractivity contribution >= 4 is 45.7 Å². The Labute approximate surface area is 171 Å². The molecule has 2 aromatic carbocycles. The molecular weight excluding hydrogens is 403 g/mol. The minimum absolute atomic E-state index is 0.00686. The molecule has 8 heteroatoms. The molecule has 0 atom stereocenters. The summed E-state index contributed by atoms with van der Waals surface area (Å²) in [6.07, 6.45) is 1.54. The van der Waals surface area contributed by atoms with E-state index in [9.17, 15) is 9.59 Å².